The summed E-state index contributed by atoms with van der Waals surface area (Å²) in [4.78, 5) is 23.0. The molecule has 1 saturated carbocycles. The van der Waals surface area contributed by atoms with E-state index in [0.717, 1.165) is 17.5 Å². The molecule has 1 atom stereocenters. The summed E-state index contributed by atoms with van der Waals surface area (Å²) in [6, 6.07) is 26.1. The highest BCUT2D eigenvalue weighted by Gasteiger charge is 2.60. The van der Waals surface area contributed by atoms with Crippen molar-refractivity contribution in [1.82, 2.24) is 5.43 Å². The van der Waals surface area contributed by atoms with E-state index in [0.29, 0.717) is 5.56 Å². The molecule has 0 radical (unpaired) electrons. The van der Waals surface area contributed by atoms with Crippen molar-refractivity contribution >= 4 is 17.8 Å². The third-order valence-electron chi connectivity index (χ3n) is 5.35. The molecular weight excluding hydrogens is 366 g/mol. The minimum atomic E-state index is -0.456. The van der Waals surface area contributed by atoms with Crippen LogP contribution in [0.4, 0.5) is 5.69 Å². The van der Waals surface area contributed by atoms with Crippen LogP contribution in [0, 0.1) is 16.0 Å². The fourth-order valence-electron chi connectivity index (χ4n) is 3.79. The molecule has 1 amide bonds. The molecule has 4 rings (SSSR count). The van der Waals surface area contributed by atoms with E-state index >= 15 is 0 Å². The maximum Gasteiger partial charge on any atom is 0.269 e. The van der Waals surface area contributed by atoms with Gasteiger partial charge < -0.3 is 0 Å². The van der Waals surface area contributed by atoms with Crippen LogP contribution in [0.3, 0.4) is 0 Å². The molecule has 0 heterocycles. The van der Waals surface area contributed by atoms with Gasteiger partial charge in [0.25, 0.3) is 5.69 Å². The van der Waals surface area contributed by atoms with E-state index in [9.17, 15) is 14.9 Å². The van der Waals surface area contributed by atoms with Crippen molar-refractivity contribution in [3.63, 3.8) is 0 Å². The van der Waals surface area contributed by atoms with Crippen LogP contribution in [0.2, 0.25) is 0 Å². The molecule has 0 saturated heterocycles. The van der Waals surface area contributed by atoms with E-state index < -0.39 is 4.92 Å². The Morgan fingerprint density at radius 1 is 0.966 bits per heavy atom. The van der Waals surface area contributed by atoms with E-state index in [1.54, 1.807) is 12.1 Å². The molecule has 6 heteroatoms. The molecule has 1 aliphatic rings. The van der Waals surface area contributed by atoms with Gasteiger partial charge in [0.2, 0.25) is 5.91 Å². The SMILES string of the molecule is O=C(N/N=C/c1ccc([N+](=O)[O-])cc1)C1CC1(c1ccccc1)c1ccccc1. The molecule has 29 heavy (non-hydrogen) atoms. The summed E-state index contributed by atoms with van der Waals surface area (Å²) in [5.41, 5.74) is 5.20. The van der Waals surface area contributed by atoms with Crippen molar-refractivity contribution in [2.24, 2.45) is 11.0 Å². The second kappa shape index (κ2) is 7.67. The average molecular weight is 385 g/mol. The Labute approximate surface area is 168 Å². The summed E-state index contributed by atoms with van der Waals surface area (Å²) >= 11 is 0. The molecule has 6 nitrogen and oxygen atoms in total. The quantitative estimate of drug-likeness (QED) is 0.395. The smallest absolute Gasteiger partial charge is 0.269 e. The van der Waals surface area contributed by atoms with Gasteiger partial charge in [-0.2, -0.15) is 5.10 Å². The van der Waals surface area contributed by atoms with E-state index in [2.05, 4.69) is 34.8 Å². The standard InChI is InChI=1S/C23H19N3O3/c27-22(25-24-16-17-11-13-20(14-12-17)26(28)29)21-15-23(21,18-7-3-1-4-8-18)19-9-5-2-6-10-19/h1-14,16,21H,15H2,(H,25,27)/b24-16+. The summed E-state index contributed by atoms with van der Waals surface area (Å²) in [5, 5.41) is 14.7. The summed E-state index contributed by atoms with van der Waals surface area (Å²) in [6.45, 7) is 0. The summed E-state index contributed by atoms with van der Waals surface area (Å²) < 4.78 is 0. The number of benzene rings is 3. The number of amides is 1. The molecular formula is C23H19N3O3. The number of nitro benzene ring substituents is 1. The van der Waals surface area contributed by atoms with Crippen LogP contribution in [-0.4, -0.2) is 17.0 Å². The predicted octanol–water partition coefficient (Wildman–Crippen LogP) is 4.05. The molecule has 1 aliphatic carbocycles. The topological polar surface area (TPSA) is 84.6 Å². The zero-order chi connectivity index (χ0) is 20.3. The lowest BCUT2D eigenvalue weighted by molar-refractivity contribution is -0.384. The first-order valence-electron chi connectivity index (χ1n) is 9.30. The van der Waals surface area contributed by atoms with Crippen LogP contribution in [0.5, 0.6) is 0 Å². The number of carbonyl (C=O) groups excluding carboxylic acids is 1. The number of non-ortho nitro benzene ring substituents is 1. The number of nitrogens with zero attached hydrogens (tertiary/aromatic N) is 2. The summed E-state index contributed by atoms with van der Waals surface area (Å²) in [7, 11) is 0. The molecule has 0 aromatic heterocycles. The zero-order valence-electron chi connectivity index (χ0n) is 15.6. The highest BCUT2D eigenvalue weighted by molar-refractivity contribution is 5.87. The van der Waals surface area contributed by atoms with Crippen molar-refractivity contribution < 1.29 is 9.72 Å². The van der Waals surface area contributed by atoms with Crippen LogP contribution < -0.4 is 5.43 Å². The molecule has 0 aliphatic heterocycles. The van der Waals surface area contributed by atoms with Crippen LogP contribution in [-0.2, 0) is 10.2 Å². The number of hydrogen-bond acceptors (Lipinski definition) is 4. The van der Waals surface area contributed by atoms with E-state index in [4.69, 9.17) is 0 Å². The van der Waals surface area contributed by atoms with Gasteiger partial charge in [0.1, 0.15) is 0 Å². The van der Waals surface area contributed by atoms with Crippen molar-refractivity contribution in [3.05, 3.63) is 112 Å². The van der Waals surface area contributed by atoms with Crippen LogP contribution in [0.25, 0.3) is 0 Å². The van der Waals surface area contributed by atoms with Crippen LogP contribution in [0.15, 0.2) is 90.0 Å². The maximum absolute atomic E-state index is 12.8. The Morgan fingerprint density at radius 2 is 1.52 bits per heavy atom. The Bertz CT molecular complexity index is 1010. The van der Waals surface area contributed by atoms with Gasteiger partial charge in [-0.1, -0.05) is 60.7 Å². The minimum Gasteiger partial charge on any atom is -0.273 e. The van der Waals surface area contributed by atoms with Gasteiger partial charge in [0.15, 0.2) is 0 Å². The second-order valence-electron chi connectivity index (χ2n) is 7.04. The maximum atomic E-state index is 12.8. The molecule has 1 unspecified atom stereocenters. The Morgan fingerprint density at radius 3 is 2.03 bits per heavy atom. The number of hydrazone groups is 1. The summed E-state index contributed by atoms with van der Waals surface area (Å²) in [6.07, 6.45) is 2.20. The molecule has 0 spiro atoms. The van der Waals surface area contributed by atoms with Crippen LogP contribution in [0.1, 0.15) is 23.1 Å². The van der Waals surface area contributed by atoms with Gasteiger partial charge in [-0.25, -0.2) is 5.43 Å². The second-order valence-corrected chi connectivity index (χ2v) is 7.04. The first kappa shape index (κ1) is 18.6. The van der Waals surface area contributed by atoms with E-state index in [-0.39, 0.29) is 22.9 Å². The third kappa shape index (κ3) is 3.65. The zero-order valence-corrected chi connectivity index (χ0v) is 15.6. The monoisotopic (exact) mass is 385 g/mol. The Balaban J connectivity index is 1.49. The number of nitrogens with one attached hydrogen (secondary N) is 1. The first-order valence-corrected chi connectivity index (χ1v) is 9.30. The Hall–Kier alpha value is -3.80. The van der Waals surface area contributed by atoms with Gasteiger partial charge in [-0.15, -0.1) is 0 Å². The van der Waals surface area contributed by atoms with Crippen molar-refractivity contribution in [1.29, 1.82) is 0 Å². The molecule has 1 fully saturated rings. The fourth-order valence-corrected chi connectivity index (χ4v) is 3.79. The number of nitro groups is 1. The van der Waals surface area contributed by atoms with Gasteiger partial charge in [-0.05, 0) is 35.2 Å². The summed E-state index contributed by atoms with van der Waals surface area (Å²) in [5.74, 6) is -0.350. The highest BCUT2D eigenvalue weighted by atomic mass is 16.6. The largest absolute Gasteiger partial charge is 0.273 e. The lowest BCUT2D eigenvalue weighted by Gasteiger charge is -2.18. The minimum absolute atomic E-state index is 0.0136. The lowest BCUT2D eigenvalue weighted by Crippen LogP contribution is -2.25. The predicted molar refractivity (Wildman–Crippen MR) is 111 cm³/mol. The van der Waals surface area contributed by atoms with Gasteiger partial charge in [0, 0.05) is 17.5 Å². The first-order chi connectivity index (χ1) is 14.1. The van der Waals surface area contributed by atoms with Crippen LogP contribution >= 0.6 is 0 Å². The van der Waals surface area contributed by atoms with Gasteiger partial charge in [0.05, 0.1) is 17.1 Å². The van der Waals surface area contributed by atoms with Crippen molar-refractivity contribution in [2.45, 2.75) is 11.8 Å². The van der Waals surface area contributed by atoms with Gasteiger partial charge >= 0.3 is 0 Å². The third-order valence-corrected chi connectivity index (χ3v) is 5.35. The molecule has 144 valence electrons. The molecule has 3 aromatic rings. The van der Waals surface area contributed by atoms with Crippen molar-refractivity contribution in [2.75, 3.05) is 0 Å². The average Bonchev–Trinajstić information content (AvgIpc) is 3.52. The fraction of sp³-hybridized carbons (Fsp3) is 0.130. The Kier molecular flexibility index (Phi) is 4.91. The number of carbonyl (C=O) groups is 1. The van der Waals surface area contributed by atoms with E-state index in [1.807, 2.05) is 36.4 Å². The molecule has 1 N–H and O–H groups in total. The lowest BCUT2D eigenvalue weighted by atomic mass is 9.85. The number of rotatable bonds is 6. The normalized spacial score (nSPS) is 17.0. The van der Waals surface area contributed by atoms with E-state index in [1.165, 1.54) is 18.3 Å². The highest BCUT2D eigenvalue weighted by Crippen LogP contribution is 2.58. The molecule has 3 aromatic carbocycles. The van der Waals surface area contributed by atoms with Gasteiger partial charge in [-0.3, -0.25) is 14.9 Å². The van der Waals surface area contributed by atoms with Crippen molar-refractivity contribution in [3.8, 4) is 0 Å². The number of hydrogen-bond donors (Lipinski definition) is 1. The molecule has 0 bridgehead atoms.